The van der Waals surface area contributed by atoms with Crippen LogP contribution in [0.1, 0.15) is 33.3 Å². The van der Waals surface area contributed by atoms with Crippen molar-refractivity contribution < 1.29 is 17.9 Å². The molecule has 1 aliphatic rings. The lowest BCUT2D eigenvalue weighted by molar-refractivity contribution is -0.147. The zero-order valence-electron chi connectivity index (χ0n) is 14.3. The molecule has 0 amide bonds. The fourth-order valence-electron chi connectivity index (χ4n) is 3.02. The first-order valence-electron chi connectivity index (χ1n) is 7.64. The fourth-order valence-corrected chi connectivity index (χ4v) is 3.95. The van der Waals surface area contributed by atoms with Gasteiger partial charge in [0.15, 0.2) is 9.84 Å². The van der Waals surface area contributed by atoms with Crippen LogP contribution in [-0.2, 0) is 26.0 Å². The van der Waals surface area contributed by atoms with Gasteiger partial charge < -0.3 is 4.74 Å². The summed E-state index contributed by atoms with van der Waals surface area (Å²) in [5.74, 6) is -0.242. The summed E-state index contributed by atoms with van der Waals surface area (Å²) in [6, 6.07) is 6.61. The van der Waals surface area contributed by atoms with Gasteiger partial charge in [-0.15, -0.1) is 0 Å². The zero-order valence-corrected chi connectivity index (χ0v) is 15.1. The maximum atomic E-state index is 12.3. The van der Waals surface area contributed by atoms with Crippen molar-refractivity contribution >= 4 is 15.8 Å². The maximum Gasteiger partial charge on any atom is 0.310 e. The molecule has 5 heteroatoms. The number of hydrogen-bond acceptors (Lipinski definition) is 4. The third kappa shape index (κ3) is 3.83. The Morgan fingerprint density at radius 3 is 2.43 bits per heavy atom. The Labute approximate surface area is 138 Å². The van der Waals surface area contributed by atoms with Crippen LogP contribution in [0.25, 0.3) is 0 Å². The van der Waals surface area contributed by atoms with E-state index in [4.69, 9.17) is 4.74 Å². The Morgan fingerprint density at radius 2 is 1.87 bits per heavy atom. The van der Waals surface area contributed by atoms with Gasteiger partial charge in [-0.1, -0.05) is 43.7 Å². The Bertz CT molecular complexity index is 740. The summed E-state index contributed by atoms with van der Waals surface area (Å²) in [5, 5.41) is 0. The summed E-state index contributed by atoms with van der Waals surface area (Å²) in [7, 11) is -3.34. The quantitative estimate of drug-likeness (QED) is 0.611. The molecule has 4 nitrogen and oxygen atoms in total. The predicted molar refractivity (Wildman–Crippen MR) is 89.5 cm³/mol. The van der Waals surface area contributed by atoms with Crippen molar-refractivity contribution in [3.63, 3.8) is 0 Å². The normalized spacial score (nSPS) is 22.3. The van der Waals surface area contributed by atoms with Gasteiger partial charge in [0.2, 0.25) is 0 Å². The Balaban J connectivity index is 2.09. The second-order valence-corrected chi connectivity index (χ2v) is 9.04. The van der Waals surface area contributed by atoms with Crippen molar-refractivity contribution in [2.75, 3.05) is 6.26 Å². The minimum absolute atomic E-state index is 0.0177. The second kappa shape index (κ2) is 6.11. The molecule has 0 radical (unpaired) electrons. The molecule has 0 spiro atoms. The first-order chi connectivity index (χ1) is 10.5. The average Bonchev–Trinajstić information content (AvgIpc) is 2.95. The molecular formula is C18H24O4S. The molecule has 0 aromatic heterocycles. The van der Waals surface area contributed by atoms with Crippen LogP contribution in [0.3, 0.4) is 0 Å². The molecule has 0 N–H and O–H groups in total. The molecule has 1 unspecified atom stereocenters. The van der Waals surface area contributed by atoms with Crippen molar-refractivity contribution in [3.05, 3.63) is 41.5 Å². The van der Waals surface area contributed by atoms with Crippen molar-refractivity contribution in [1.82, 2.24) is 0 Å². The number of carbonyl (C=O) groups excluding carboxylic acids is 1. The van der Waals surface area contributed by atoms with Crippen molar-refractivity contribution in [2.24, 2.45) is 17.3 Å². The lowest BCUT2D eigenvalue weighted by atomic mass is 10.1. The molecule has 1 aromatic rings. The Kier molecular flexibility index (Phi) is 4.71. The molecule has 1 saturated carbocycles. The summed E-state index contributed by atoms with van der Waals surface area (Å²) >= 11 is 0. The van der Waals surface area contributed by atoms with Gasteiger partial charge in [-0.25, -0.2) is 8.42 Å². The van der Waals surface area contributed by atoms with Gasteiger partial charge in [-0.05, 0) is 31.2 Å². The van der Waals surface area contributed by atoms with E-state index in [0.29, 0.717) is 5.56 Å². The molecule has 23 heavy (non-hydrogen) atoms. The van der Waals surface area contributed by atoms with Gasteiger partial charge in [-0.2, -0.15) is 0 Å². The molecule has 0 saturated heterocycles. The number of ether oxygens (including phenoxy) is 1. The van der Waals surface area contributed by atoms with Crippen LogP contribution in [0.4, 0.5) is 0 Å². The van der Waals surface area contributed by atoms with E-state index in [1.54, 1.807) is 18.2 Å². The van der Waals surface area contributed by atoms with Crippen LogP contribution in [-0.4, -0.2) is 20.6 Å². The highest BCUT2D eigenvalue weighted by Gasteiger charge is 2.61. The lowest BCUT2D eigenvalue weighted by Gasteiger charge is -2.09. The third-order valence-corrected chi connectivity index (χ3v) is 5.62. The molecule has 126 valence electrons. The van der Waals surface area contributed by atoms with Crippen LogP contribution in [0.15, 0.2) is 40.8 Å². The predicted octanol–water partition coefficient (Wildman–Crippen LogP) is 3.37. The number of hydrogen-bond donors (Lipinski definition) is 0. The number of sulfone groups is 1. The van der Waals surface area contributed by atoms with E-state index in [2.05, 4.69) is 6.08 Å². The molecule has 0 bridgehead atoms. The van der Waals surface area contributed by atoms with Crippen LogP contribution in [0.2, 0.25) is 0 Å². The summed E-state index contributed by atoms with van der Waals surface area (Å²) in [6.45, 7) is 8.11. The monoisotopic (exact) mass is 336 g/mol. The smallest absolute Gasteiger partial charge is 0.310 e. The van der Waals surface area contributed by atoms with E-state index in [1.807, 2.05) is 27.7 Å². The fraction of sp³-hybridized carbons (Fsp3) is 0.500. The van der Waals surface area contributed by atoms with Gasteiger partial charge in [0.25, 0.3) is 0 Å². The molecule has 2 rings (SSSR count). The summed E-state index contributed by atoms with van der Waals surface area (Å²) in [6.07, 6.45) is 3.26. The van der Waals surface area contributed by atoms with Gasteiger partial charge in [-0.3, -0.25) is 4.79 Å². The van der Waals surface area contributed by atoms with Gasteiger partial charge in [0, 0.05) is 11.8 Å². The highest BCUT2D eigenvalue weighted by Crippen LogP contribution is 2.59. The van der Waals surface area contributed by atoms with Crippen LogP contribution in [0, 0.1) is 17.3 Å². The minimum Gasteiger partial charge on any atom is -0.461 e. The first-order valence-corrected chi connectivity index (χ1v) is 9.54. The molecule has 1 aliphatic carbocycles. The van der Waals surface area contributed by atoms with Crippen molar-refractivity contribution in [3.8, 4) is 0 Å². The summed E-state index contributed by atoms with van der Waals surface area (Å²) < 4.78 is 28.9. The summed E-state index contributed by atoms with van der Waals surface area (Å²) in [4.78, 5) is 12.6. The number of allylic oxidation sites excluding steroid dienone is 2. The van der Waals surface area contributed by atoms with Crippen LogP contribution >= 0.6 is 0 Å². The molecule has 2 atom stereocenters. The molecule has 0 aliphatic heterocycles. The highest BCUT2D eigenvalue weighted by atomic mass is 32.2. The molecule has 1 fully saturated rings. The largest absolute Gasteiger partial charge is 0.461 e. The Hall–Kier alpha value is -1.62. The van der Waals surface area contributed by atoms with E-state index in [1.165, 1.54) is 11.6 Å². The zero-order chi connectivity index (χ0) is 17.4. The van der Waals surface area contributed by atoms with Gasteiger partial charge in [0.1, 0.15) is 6.61 Å². The van der Waals surface area contributed by atoms with E-state index < -0.39 is 9.84 Å². The van der Waals surface area contributed by atoms with Crippen molar-refractivity contribution in [1.29, 1.82) is 0 Å². The Morgan fingerprint density at radius 1 is 1.26 bits per heavy atom. The number of benzene rings is 1. The standard InChI is InChI=1S/C18H24O4S/c1-12(2)10-14-16(18(14,3)4)17(19)22-11-13-8-6-7-9-15(13)23(5,20)21/h6-10,14,16H,11H2,1-5H3/t14?,16-/m0/s1. The second-order valence-electron chi connectivity index (χ2n) is 7.06. The molecule has 0 heterocycles. The topological polar surface area (TPSA) is 60.4 Å². The molecule has 1 aromatic carbocycles. The van der Waals surface area contributed by atoms with Gasteiger partial charge >= 0.3 is 5.97 Å². The van der Waals surface area contributed by atoms with E-state index in [9.17, 15) is 13.2 Å². The number of carbonyl (C=O) groups is 1. The molecular weight excluding hydrogens is 312 g/mol. The van der Waals surface area contributed by atoms with Crippen LogP contribution < -0.4 is 0 Å². The number of esters is 1. The minimum atomic E-state index is -3.34. The van der Waals surface area contributed by atoms with Crippen LogP contribution in [0.5, 0.6) is 0 Å². The van der Waals surface area contributed by atoms with Crippen molar-refractivity contribution in [2.45, 2.75) is 39.2 Å². The highest BCUT2D eigenvalue weighted by molar-refractivity contribution is 7.90. The third-order valence-electron chi connectivity index (χ3n) is 4.42. The average molecular weight is 336 g/mol. The summed E-state index contributed by atoms with van der Waals surface area (Å²) in [5.41, 5.74) is 1.59. The van der Waals surface area contributed by atoms with E-state index in [0.717, 1.165) is 6.26 Å². The van der Waals surface area contributed by atoms with E-state index >= 15 is 0 Å². The van der Waals surface area contributed by atoms with Gasteiger partial charge in [0.05, 0.1) is 10.8 Å². The lowest BCUT2D eigenvalue weighted by Crippen LogP contribution is -2.12. The van der Waals surface area contributed by atoms with E-state index in [-0.39, 0.29) is 34.7 Å². The first kappa shape index (κ1) is 17.7. The maximum absolute atomic E-state index is 12.3. The SMILES string of the molecule is CC(C)=CC1[C@@H](C(=O)OCc2ccccc2S(C)(=O)=O)C1(C)C. The number of rotatable bonds is 5.